The summed E-state index contributed by atoms with van der Waals surface area (Å²) in [6.07, 6.45) is 2.23. The van der Waals surface area contributed by atoms with Gasteiger partial charge in [-0.2, -0.15) is 0 Å². The number of aliphatic hydroxyl groups is 2. The van der Waals surface area contributed by atoms with Crippen LogP contribution in [0.15, 0.2) is 48.8 Å². The van der Waals surface area contributed by atoms with Gasteiger partial charge in [0.1, 0.15) is 29.8 Å². The van der Waals surface area contributed by atoms with Crippen LogP contribution in [0.5, 0.6) is 5.75 Å². The van der Waals surface area contributed by atoms with Gasteiger partial charge in [-0.1, -0.05) is 12.1 Å². The van der Waals surface area contributed by atoms with Crippen molar-refractivity contribution in [3.8, 4) is 5.75 Å². The van der Waals surface area contributed by atoms with Crippen molar-refractivity contribution >= 4 is 0 Å². The minimum absolute atomic E-state index is 0.0209. The molecule has 1 aromatic heterocycles. The van der Waals surface area contributed by atoms with Crippen molar-refractivity contribution in [3.05, 3.63) is 71.6 Å². The van der Waals surface area contributed by atoms with Crippen LogP contribution in [0.25, 0.3) is 0 Å². The molecule has 3 aromatic rings. The van der Waals surface area contributed by atoms with Gasteiger partial charge in [-0.25, -0.2) is 22.2 Å². The second-order valence-electron chi connectivity index (χ2n) is 10.5. The van der Waals surface area contributed by atoms with Crippen LogP contribution in [-0.2, 0) is 17.6 Å². The standard InChI is InChI=1S/C25H24F4N4O3/c26-16-3-6-20(21(27)7-16)24(35,13-33-14-30-31-32-33)25(28,29)23-10-22(11-23,12-23)15-1-4-18(5-2-15)36-19-8-17(34)9-19/h1-7,14,17,19,34-35H,8-13H2/t17?,19?,22?,23?,24-/m1/s1. The average molecular weight is 504 g/mol. The molecule has 190 valence electrons. The quantitative estimate of drug-likeness (QED) is 0.457. The summed E-state index contributed by atoms with van der Waals surface area (Å²) >= 11 is 0. The van der Waals surface area contributed by atoms with Gasteiger partial charge in [0.15, 0.2) is 5.60 Å². The van der Waals surface area contributed by atoms with Gasteiger partial charge >= 0.3 is 0 Å². The lowest BCUT2D eigenvalue weighted by Gasteiger charge is -2.74. The molecule has 2 bridgehead atoms. The highest BCUT2D eigenvalue weighted by molar-refractivity contribution is 5.44. The van der Waals surface area contributed by atoms with Gasteiger partial charge in [-0.3, -0.25) is 0 Å². The highest BCUT2D eigenvalue weighted by Gasteiger charge is 2.82. The number of halogens is 4. The molecule has 0 unspecified atom stereocenters. The summed E-state index contributed by atoms with van der Waals surface area (Å²) in [5, 5.41) is 31.2. The highest BCUT2D eigenvalue weighted by atomic mass is 19.3. The molecule has 2 aromatic carbocycles. The third kappa shape index (κ3) is 3.28. The van der Waals surface area contributed by atoms with Crippen LogP contribution in [0, 0.1) is 17.0 Å². The van der Waals surface area contributed by atoms with Crippen molar-refractivity contribution in [1.29, 1.82) is 0 Å². The summed E-state index contributed by atoms with van der Waals surface area (Å²) in [5.74, 6) is -5.30. The fraction of sp³-hybridized carbons (Fsp3) is 0.480. The second kappa shape index (κ2) is 7.72. The second-order valence-corrected chi connectivity index (χ2v) is 10.5. The molecule has 0 amide bonds. The van der Waals surface area contributed by atoms with Crippen LogP contribution in [0.2, 0.25) is 0 Å². The predicted molar refractivity (Wildman–Crippen MR) is 117 cm³/mol. The zero-order chi connectivity index (χ0) is 25.3. The Kier molecular flexibility index (Phi) is 5.01. The first-order valence-corrected chi connectivity index (χ1v) is 11.8. The van der Waals surface area contributed by atoms with Crippen molar-refractivity contribution in [2.75, 3.05) is 0 Å². The number of hydrogen-bond acceptors (Lipinski definition) is 6. The molecule has 0 radical (unpaired) electrons. The molecular formula is C25H24F4N4O3. The molecule has 0 saturated heterocycles. The third-order valence-electron chi connectivity index (χ3n) is 8.21. The van der Waals surface area contributed by atoms with Crippen molar-refractivity contribution in [2.24, 2.45) is 5.41 Å². The van der Waals surface area contributed by atoms with Gasteiger partial charge in [0.25, 0.3) is 5.92 Å². The number of tetrazole rings is 1. The number of aromatic nitrogens is 4. The average Bonchev–Trinajstić information content (AvgIpc) is 3.24. The molecular weight excluding hydrogens is 480 g/mol. The number of ether oxygens (including phenoxy) is 1. The molecule has 0 spiro atoms. The Hall–Kier alpha value is -3.05. The van der Waals surface area contributed by atoms with Crippen molar-refractivity contribution in [3.63, 3.8) is 0 Å². The van der Waals surface area contributed by atoms with Crippen LogP contribution in [-0.4, -0.2) is 48.6 Å². The monoisotopic (exact) mass is 504 g/mol. The Bertz CT molecular complexity index is 1260. The summed E-state index contributed by atoms with van der Waals surface area (Å²) in [5.41, 5.74) is -4.80. The van der Waals surface area contributed by atoms with E-state index in [1.165, 1.54) is 0 Å². The van der Waals surface area contributed by atoms with Crippen LogP contribution in [0.1, 0.15) is 43.2 Å². The minimum Gasteiger partial charge on any atom is -0.490 e. The number of alkyl halides is 2. The molecule has 36 heavy (non-hydrogen) atoms. The van der Waals surface area contributed by atoms with E-state index in [-0.39, 0.29) is 31.5 Å². The van der Waals surface area contributed by atoms with Crippen LogP contribution < -0.4 is 4.74 Å². The maximum absolute atomic E-state index is 16.2. The maximum atomic E-state index is 16.2. The van der Waals surface area contributed by atoms with Crippen molar-refractivity contribution in [2.45, 2.75) is 67.8 Å². The lowest BCUT2D eigenvalue weighted by Crippen LogP contribution is -2.76. The van der Waals surface area contributed by atoms with E-state index in [0.717, 1.165) is 28.7 Å². The Morgan fingerprint density at radius 2 is 1.75 bits per heavy atom. The van der Waals surface area contributed by atoms with E-state index < -0.39 is 46.1 Å². The third-order valence-corrected chi connectivity index (χ3v) is 8.21. The Labute approximate surface area is 203 Å². The van der Waals surface area contributed by atoms with E-state index in [9.17, 15) is 19.0 Å². The maximum Gasteiger partial charge on any atom is 0.287 e. The van der Waals surface area contributed by atoms with Crippen LogP contribution >= 0.6 is 0 Å². The van der Waals surface area contributed by atoms with Gasteiger partial charge in [-0.15, -0.1) is 5.10 Å². The number of benzene rings is 2. The first-order chi connectivity index (χ1) is 17.1. The first-order valence-electron chi connectivity index (χ1n) is 11.8. The molecule has 4 aliphatic rings. The number of nitrogens with zero attached hydrogens (tertiary/aromatic N) is 4. The Balaban J connectivity index is 1.24. The minimum atomic E-state index is -3.76. The lowest BCUT2D eigenvalue weighted by atomic mass is 9.30. The number of hydrogen-bond donors (Lipinski definition) is 2. The van der Waals surface area contributed by atoms with Gasteiger partial charge in [0.2, 0.25) is 0 Å². The van der Waals surface area contributed by atoms with Crippen molar-refractivity contribution < 1.29 is 32.5 Å². The normalized spacial score (nSPS) is 30.5. The van der Waals surface area contributed by atoms with E-state index in [1.807, 2.05) is 12.1 Å². The Morgan fingerprint density at radius 3 is 2.33 bits per heavy atom. The largest absolute Gasteiger partial charge is 0.490 e. The fourth-order valence-electron chi connectivity index (χ4n) is 6.25. The topological polar surface area (TPSA) is 93.3 Å². The van der Waals surface area contributed by atoms with Gasteiger partial charge < -0.3 is 14.9 Å². The SMILES string of the molecule is OC1CC(Oc2ccc(C34CC(C(F)(F)[C@@](O)(Cn5cnnn5)c5ccc(F)cc5F)(C3)C4)cc2)C1. The summed E-state index contributed by atoms with van der Waals surface area (Å²) in [4.78, 5) is 0. The van der Waals surface area contributed by atoms with Gasteiger partial charge in [0, 0.05) is 29.9 Å². The molecule has 0 aliphatic heterocycles. The van der Waals surface area contributed by atoms with E-state index >= 15 is 8.78 Å². The van der Waals surface area contributed by atoms with Crippen LogP contribution in [0.3, 0.4) is 0 Å². The molecule has 7 nitrogen and oxygen atoms in total. The van der Waals surface area contributed by atoms with E-state index in [0.29, 0.717) is 24.7 Å². The van der Waals surface area contributed by atoms with E-state index in [2.05, 4.69) is 15.5 Å². The lowest BCUT2D eigenvalue weighted by molar-refractivity contribution is -0.347. The van der Waals surface area contributed by atoms with E-state index in [4.69, 9.17) is 4.74 Å². The molecule has 2 N–H and O–H groups in total. The van der Waals surface area contributed by atoms with Gasteiger partial charge in [-0.05, 0) is 64.9 Å². The summed E-state index contributed by atoms with van der Waals surface area (Å²) < 4.78 is 67.4. The van der Waals surface area contributed by atoms with Crippen LogP contribution in [0.4, 0.5) is 17.6 Å². The molecule has 4 fully saturated rings. The Morgan fingerprint density at radius 1 is 1.06 bits per heavy atom. The summed E-state index contributed by atoms with van der Waals surface area (Å²) in [6, 6.07) is 9.49. The zero-order valence-corrected chi connectivity index (χ0v) is 19.1. The molecule has 7 rings (SSSR count). The fourth-order valence-corrected chi connectivity index (χ4v) is 6.25. The molecule has 1 heterocycles. The van der Waals surface area contributed by atoms with Gasteiger partial charge in [0.05, 0.1) is 12.6 Å². The first kappa shape index (κ1) is 23.4. The molecule has 4 saturated carbocycles. The molecule has 11 heteroatoms. The molecule has 4 aliphatic carbocycles. The predicted octanol–water partition coefficient (Wildman–Crippen LogP) is 3.50. The molecule has 1 atom stereocenters. The van der Waals surface area contributed by atoms with E-state index in [1.54, 1.807) is 12.1 Å². The van der Waals surface area contributed by atoms with Crippen molar-refractivity contribution in [1.82, 2.24) is 20.2 Å². The summed E-state index contributed by atoms with van der Waals surface area (Å²) in [7, 11) is 0. The highest BCUT2D eigenvalue weighted by Crippen LogP contribution is 2.80. The summed E-state index contributed by atoms with van der Waals surface area (Å²) in [6.45, 7) is -0.799. The zero-order valence-electron chi connectivity index (χ0n) is 19.1. The smallest absolute Gasteiger partial charge is 0.287 e. The number of rotatable bonds is 8. The number of aliphatic hydroxyl groups excluding tert-OH is 1.